The number of nitrogens with one attached hydrogen (secondary N) is 1. The van der Waals surface area contributed by atoms with E-state index < -0.39 is 0 Å². The van der Waals surface area contributed by atoms with Gasteiger partial charge in [0.2, 0.25) is 11.9 Å². The van der Waals surface area contributed by atoms with E-state index in [0.717, 1.165) is 41.6 Å². The summed E-state index contributed by atoms with van der Waals surface area (Å²) in [5.41, 5.74) is 3.40. The number of benzene rings is 1. The summed E-state index contributed by atoms with van der Waals surface area (Å²) < 4.78 is 3.54. The standard InChI is InChI=1S/C26H29N7O2/c1-4-23(34)31-12-7-9-19(16-31)33-24(35)14-18(3)20-15-27-26(29-25(20)33)28-22-11-13-32(30-22)21-10-6-5-8-17(21)2/h5-6,8,10-11,13-15,19H,4,7,9,12,16H2,1-3H3,(H,27,28,29,30)/t19-/m1/s1. The van der Waals surface area contributed by atoms with Gasteiger partial charge < -0.3 is 10.2 Å². The number of carbonyl (C=O) groups excluding carboxylic acids is 1. The average molecular weight is 472 g/mol. The molecule has 1 aliphatic rings. The molecule has 3 aromatic heterocycles. The largest absolute Gasteiger partial charge is 0.341 e. The van der Waals surface area contributed by atoms with Crippen molar-refractivity contribution in [2.45, 2.75) is 46.1 Å². The summed E-state index contributed by atoms with van der Waals surface area (Å²) in [6.45, 7) is 7.04. The first kappa shape index (κ1) is 22.8. The molecule has 1 saturated heterocycles. The molecule has 1 aromatic carbocycles. The lowest BCUT2D eigenvalue weighted by Crippen LogP contribution is -2.42. The molecule has 1 amide bonds. The lowest BCUT2D eigenvalue weighted by Gasteiger charge is -2.34. The van der Waals surface area contributed by atoms with Gasteiger partial charge in [-0.15, -0.1) is 0 Å². The van der Waals surface area contributed by atoms with Crippen LogP contribution in [0.1, 0.15) is 43.4 Å². The van der Waals surface area contributed by atoms with Gasteiger partial charge in [-0.2, -0.15) is 10.1 Å². The zero-order valence-electron chi connectivity index (χ0n) is 20.2. The maximum Gasteiger partial charge on any atom is 0.252 e. The maximum atomic E-state index is 13.1. The second-order valence-corrected chi connectivity index (χ2v) is 9.01. The van der Waals surface area contributed by atoms with E-state index in [1.54, 1.807) is 21.5 Å². The second kappa shape index (κ2) is 9.32. The van der Waals surface area contributed by atoms with E-state index in [1.165, 1.54) is 0 Å². The molecule has 35 heavy (non-hydrogen) atoms. The number of rotatable bonds is 5. The van der Waals surface area contributed by atoms with Crippen LogP contribution >= 0.6 is 0 Å². The number of fused-ring (bicyclic) bond motifs is 1. The summed E-state index contributed by atoms with van der Waals surface area (Å²) in [5.74, 6) is 1.08. The van der Waals surface area contributed by atoms with Gasteiger partial charge in [0.15, 0.2) is 5.82 Å². The molecule has 1 fully saturated rings. The third kappa shape index (κ3) is 4.41. The molecule has 0 spiro atoms. The number of nitrogens with zero attached hydrogens (tertiary/aromatic N) is 6. The van der Waals surface area contributed by atoms with E-state index in [9.17, 15) is 9.59 Å². The number of anilines is 2. The number of hydrogen-bond acceptors (Lipinski definition) is 6. The van der Waals surface area contributed by atoms with Crippen molar-refractivity contribution in [3.8, 4) is 5.69 Å². The first-order valence-electron chi connectivity index (χ1n) is 12.0. The summed E-state index contributed by atoms with van der Waals surface area (Å²) >= 11 is 0. The highest BCUT2D eigenvalue weighted by Gasteiger charge is 2.26. The maximum absolute atomic E-state index is 13.1. The van der Waals surface area contributed by atoms with Crippen LogP contribution < -0.4 is 10.9 Å². The van der Waals surface area contributed by atoms with Crippen molar-refractivity contribution in [1.82, 2.24) is 29.2 Å². The molecule has 0 saturated carbocycles. The molecule has 1 N–H and O–H groups in total. The van der Waals surface area contributed by atoms with Gasteiger partial charge in [0.1, 0.15) is 5.65 Å². The number of pyridine rings is 1. The van der Waals surface area contributed by atoms with Gasteiger partial charge in [-0.25, -0.2) is 9.67 Å². The molecule has 0 aliphatic carbocycles. The highest BCUT2D eigenvalue weighted by Crippen LogP contribution is 2.26. The van der Waals surface area contributed by atoms with Gasteiger partial charge in [0, 0.05) is 49.4 Å². The lowest BCUT2D eigenvalue weighted by molar-refractivity contribution is -0.132. The van der Waals surface area contributed by atoms with Gasteiger partial charge in [0.05, 0.1) is 11.7 Å². The van der Waals surface area contributed by atoms with E-state index in [0.29, 0.717) is 30.4 Å². The average Bonchev–Trinajstić information content (AvgIpc) is 3.32. The smallest absolute Gasteiger partial charge is 0.252 e. The molecule has 180 valence electrons. The molecule has 4 aromatic rings. The molecule has 1 aliphatic heterocycles. The fourth-order valence-electron chi connectivity index (χ4n) is 4.76. The van der Waals surface area contributed by atoms with E-state index in [-0.39, 0.29) is 17.5 Å². The molecule has 0 unspecified atom stereocenters. The molecule has 0 radical (unpaired) electrons. The van der Waals surface area contributed by atoms with Crippen LogP contribution in [0.2, 0.25) is 0 Å². The van der Waals surface area contributed by atoms with Crippen LogP contribution in [0.5, 0.6) is 0 Å². The highest BCUT2D eigenvalue weighted by molar-refractivity contribution is 5.79. The Balaban J connectivity index is 1.50. The molecular weight excluding hydrogens is 442 g/mol. The van der Waals surface area contributed by atoms with Crippen molar-refractivity contribution in [2.75, 3.05) is 18.4 Å². The summed E-state index contributed by atoms with van der Waals surface area (Å²) in [7, 11) is 0. The van der Waals surface area contributed by atoms with Crippen LogP contribution in [-0.2, 0) is 4.79 Å². The molecule has 9 heteroatoms. The van der Waals surface area contributed by atoms with E-state index in [4.69, 9.17) is 4.98 Å². The number of carbonyl (C=O) groups is 1. The Kier molecular flexibility index (Phi) is 6.07. The van der Waals surface area contributed by atoms with Crippen molar-refractivity contribution in [2.24, 2.45) is 0 Å². The van der Waals surface area contributed by atoms with Crippen LogP contribution in [0.15, 0.2) is 53.6 Å². The predicted octanol–water partition coefficient (Wildman–Crippen LogP) is 3.91. The molecular formula is C26H29N7O2. The van der Waals surface area contributed by atoms with Gasteiger partial charge in [-0.3, -0.25) is 14.2 Å². The van der Waals surface area contributed by atoms with Crippen LogP contribution in [-0.4, -0.2) is 48.2 Å². The number of amides is 1. The monoisotopic (exact) mass is 471 g/mol. The van der Waals surface area contributed by atoms with Crippen LogP contribution in [0.25, 0.3) is 16.7 Å². The summed E-state index contributed by atoms with van der Waals surface area (Å²) in [6.07, 6.45) is 5.75. The minimum Gasteiger partial charge on any atom is -0.341 e. The molecule has 5 rings (SSSR count). The predicted molar refractivity (Wildman–Crippen MR) is 135 cm³/mol. The van der Waals surface area contributed by atoms with Crippen molar-refractivity contribution in [3.63, 3.8) is 0 Å². The highest BCUT2D eigenvalue weighted by atomic mass is 16.2. The van der Waals surface area contributed by atoms with E-state index >= 15 is 0 Å². The zero-order valence-corrected chi connectivity index (χ0v) is 20.2. The minimum absolute atomic E-state index is 0.111. The normalized spacial score (nSPS) is 16.0. The Bertz CT molecular complexity index is 1460. The Morgan fingerprint density at radius 1 is 1.17 bits per heavy atom. The molecule has 0 bridgehead atoms. The number of hydrogen-bond donors (Lipinski definition) is 1. The number of aromatic nitrogens is 5. The first-order chi connectivity index (χ1) is 16.9. The van der Waals surface area contributed by atoms with Crippen LogP contribution in [0.4, 0.5) is 11.8 Å². The first-order valence-corrected chi connectivity index (χ1v) is 12.0. The lowest BCUT2D eigenvalue weighted by atomic mass is 10.0. The Morgan fingerprint density at radius 2 is 2.00 bits per heavy atom. The van der Waals surface area contributed by atoms with Crippen molar-refractivity contribution in [3.05, 3.63) is 70.3 Å². The van der Waals surface area contributed by atoms with Gasteiger partial charge in [0.25, 0.3) is 5.56 Å². The number of piperidine rings is 1. The topological polar surface area (TPSA) is 97.9 Å². The van der Waals surface area contributed by atoms with Crippen molar-refractivity contribution >= 4 is 28.7 Å². The Morgan fingerprint density at radius 3 is 2.80 bits per heavy atom. The van der Waals surface area contributed by atoms with Gasteiger partial charge >= 0.3 is 0 Å². The van der Waals surface area contributed by atoms with Crippen molar-refractivity contribution < 1.29 is 4.79 Å². The fourth-order valence-corrected chi connectivity index (χ4v) is 4.76. The fraction of sp³-hybridized carbons (Fsp3) is 0.346. The summed E-state index contributed by atoms with van der Waals surface area (Å²) in [5, 5.41) is 8.61. The minimum atomic E-state index is -0.127. The molecule has 9 nitrogen and oxygen atoms in total. The SMILES string of the molecule is CCC(=O)N1CCC[C@@H](n2c(=O)cc(C)c3cnc(Nc4ccn(-c5ccccc5C)n4)nc32)C1. The zero-order chi connectivity index (χ0) is 24.5. The molecule has 1 atom stereocenters. The second-order valence-electron chi connectivity index (χ2n) is 9.01. The van der Waals surface area contributed by atoms with Crippen LogP contribution in [0, 0.1) is 13.8 Å². The summed E-state index contributed by atoms with van der Waals surface area (Å²) in [6, 6.07) is 11.4. The van der Waals surface area contributed by atoms with E-state index in [1.807, 2.05) is 62.2 Å². The van der Waals surface area contributed by atoms with Gasteiger partial charge in [-0.1, -0.05) is 25.1 Å². The van der Waals surface area contributed by atoms with E-state index in [2.05, 4.69) is 15.4 Å². The van der Waals surface area contributed by atoms with Gasteiger partial charge in [-0.05, 0) is 43.9 Å². The Labute approximate surface area is 203 Å². The number of likely N-dealkylation sites (tertiary alicyclic amines) is 1. The van der Waals surface area contributed by atoms with Crippen LogP contribution in [0.3, 0.4) is 0 Å². The third-order valence-corrected chi connectivity index (χ3v) is 6.61. The summed E-state index contributed by atoms with van der Waals surface area (Å²) in [4.78, 5) is 36.5. The number of para-hydroxylation sites is 1. The quantitative estimate of drug-likeness (QED) is 0.474. The third-order valence-electron chi connectivity index (χ3n) is 6.61. The Hall–Kier alpha value is -4.01. The molecule has 4 heterocycles. The number of aryl methyl sites for hydroxylation is 2. The van der Waals surface area contributed by atoms with Crippen molar-refractivity contribution in [1.29, 1.82) is 0 Å².